The number of hydrogen-bond donors (Lipinski definition) is 3. The van der Waals surface area contributed by atoms with Crippen LogP contribution in [0.1, 0.15) is 36.5 Å². The van der Waals surface area contributed by atoms with Crippen molar-refractivity contribution in [1.29, 1.82) is 0 Å². The second-order valence-electron chi connectivity index (χ2n) is 5.12. The summed E-state index contributed by atoms with van der Waals surface area (Å²) in [6.07, 6.45) is 3.10. The Labute approximate surface area is 127 Å². The average Bonchev–Trinajstić information content (AvgIpc) is 3.15. The van der Waals surface area contributed by atoms with E-state index in [1.165, 1.54) is 12.1 Å². The van der Waals surface area contributed by atoms with Gasteiger partial charge in [-0.2, -0.15) is 0 Å². The van der Waals surface area contributed by atoms with Gasteiger partial charge in [-0.1, -0.05) is 24.9 Å². The van der Waals surface area contributed by atoms with E-state index in [4.69, 9.17) is 17.4 Å². The van der Waals surface area contributed by atoms with E-state index in [1.54, 1.807) is 0 Å². The molecule has 1 aliphatic carbocycles. The number of rotatable bonds is 6. The van der Waals surface area contributed by atoms with Gasteiger partial charge in [-0.25, -0.2) is 0 Å². The lowest BCUT2D eigenvalue weighted by molar-refractivity contribution is -0.384. The smallest absolute Gasteiger partial charge is 0.295 e. The molecule has 2 unspecified atom stereocenters. The fraction of sp³-hybridized carbons (Fsp3) is 0.462. The highest BCUT2D eigenvalue weighted by Crippen LogP contribution is 2.36. The van der Waals surface area contributed by atoms with Crippen LogP contribution in [0, 0.1) is 16.0 Å². The molecular formula is C13H17ClN4O3. The molecule has 0 aromatic heterocycles. The van der Waals surface area contributed by atoms with Crippen LogP contribution in [0.5, 0.6) is 0 Å². The van der Waals surface area contributed by atoms with Gasteiger partial charge < -0.3 is 10.7 Å². The molecule has 1 fully saturated rings. The Morgan fingerprint density at radius 2 is 2.29 bits per heavy atom. The number of nitrogens with one attached hydrogen (secondary N) is 2. The lowest BCUT2D eigenvalue weighted by Gasteiger charge is -2.08. The summed E-state index contributed by atoms with van der Waals surface area (Å²) in [7, 11) is 0. The predicted octanol–water partition coefficient (Wildman–Crippen LogP) is 2.45. The zero-order chi connectivity index (χ0) is 15.6. The number of nitrogens with zero attached hydrogens (tertiary/aromatic N) is 1. The lowest BCUT2D eigenvalue weighted by Crippen LogP contribution is -2.27. The highest BCUT2D eigenvalue weighted by Gasteiger charge is 2.37. The summed E-state index contributed by atoms with van der Waals surface area (Å²) < 4.78 is 0. The van der Waals surface area contributed by atoms with Gasteiger partial charge in [0, 0.05) is 17.7 Å². The molecule has 1 aromatic rings. The number of benzene rings is 1. The number of carbonyl (C=O) groups excluding carboxylic acids is 1. The lowest BCUT2D eigenvalue weighted by atomic mass is 10.1. The summed E-state index contributed by atoms with van der Waals surface area (Å²) in [6.45, 7) is 2.10. The van der Waals surface area contributed by atoms with Gasteiger partial charge in [-0.05, 0) is 24.8 Å². The van der Waals surface area contributed by atoms with Gasteiger partial charge in [0.2, 0.25) is 0 Å². The molecule has 114 valence electrons. The van der Waals surface area contributed by atoms with Crippen molar-refractivity contribution < 1.29 is 9.72 Å². The molecule has 1 saturated carbocycles. The monoisotopic (exact) mass is 312 g/mol. The van der Waals surface area contributed by atoms with Crippen LogP contribution < -0.4 is 16.6 Å². The molecule has 2 atom stereocenters. The molecule has 0 radical (unpaired) electrons. The zero-order valence-electron chi connectivity index (χ0n) is 11.6. The van der Waals surface area contributed by atoms with Crippen LogP contribution in [0.3, 0.4) is 0 Å². The Hall–Kier alpha value is -1.86. The molecule has 2 rings (SSSR count). The summed E-state index contributed by atoms with van der Waals surface area (Å²) in [6, 6.07) is 2.70. The number of amides is 1. The Balaban J connectivity index is 2.16. The standard InChI is InChI=1S/C13H17ClN4O3/c1-2-3-7-5-10(7)16-13(19)8-4-9(14)12(17-15)11(6-8)18(20)21/h4,6-7,10,17H,2-3,5,15H2,1H3,(H,16,19). The molecule has 21 heavy (non-hydrogen) atoms. The number of nitrogens with two attached hydrogens (primary N) is 1. The maximum atomic E-state index is 12.1. The Morgan fingerprint density at radius 3 is 2.86 bits per heavy atom. The van der Waals surface area contributed by atoms with E-state index < -0.39 is 4.92 Å². The molecule has 1 aliphatic rings. The van der Waals surface area contributed by atoms with Crippen LogP contribution in [0.2, 0.25) is 5.02 Å². The van der Waals surface area contributed by atoms with E-state index in [2.05, 4.69) is 17.7 Å². The Bertz CT molecular complexity index is 579. The first-order valence-corrected chi connectivity index (χ1v) is 7.11. The average molecular weight is 313 g/mol. The quantitative estimate of drug-likeness (QED) is 0.424. The van der Waals surface area contributed by atoms with Crippen LogP contribution >= 0.6 is 11.6 Å². The third-order valence-electron chi connectivity index (χ3n) is 3.57. The van der Waals surface area contributed by atoms with Gasteiger partial charge in [0.05, 0.1) is 9.95 Å². The Kier molecular flexibility index (Phi) is 4.64. The topological polar surface area (TPSA) is 110 Å². The summed E-state index contributed by atoms with van der Waals surface area (Å²) >= 11 is 5.93. The second kappa shape index (κ2) is 6.28. The SMILES string of the molecule is CCCC1CC1NC(=O)c1cc(Cl)c(NN)c([N+](=O)[O-])c1. The first-order valence-electron chi connectivity index (χ1n) is 6.73. The van der Waals surface area contributed by atoms with Crippen molar-refractivity contribution >= 4 is 28.9 Å². The number of hydrazine groups is 1. The molecule has 0 saturated heterocycles. The predicted molar refractivity (Wildman–Crippen MR) is 80.2 cm³/mol. The normalized spacial score (nSPS) is 20.0. The van der Waals surface area contributed by atoms with Gasteiger partial charge >= 0.3 is 0 Å². The number of nitro benzene ring substituents is 1. The van der Waals surface area contributed by atoms with E-state index in [0.29, 0.717) is 5.92 Å². The van der Waals surface area contributed by atoms with E-state index in [-0.39, 0.29) is 33.9 Å². The minimum Gasteiger partial charge on any atom is -0.349 e. The van der Waals surface area contributed by atoms with Crippen molar-refractivity contribution in [3.8, 4) is 0 Å². The highest BCUT2D eigenvalue weighted by molar-refractivity contribution is 6.34. The largest absolute Gasteiger partial charge is 0.349 e. The minimum atomic E-state index is -0.630. The van der Waals surface area contributed by atoms with Crippen molar-refractivity contribution in [2.75, 3.05) is 5.43 Å². The van der Waals surface area contributed by atoms with E-state index in [1.807, 2.05) is 0 Å². The van der Waals surface area contributed by atoms with Crippen LogP contribution in [0.15, 0.2) is 12.1 Å². The van der Waals surface area contributed by atoms with E-state index in [9.17, 15) is 14.9 Å². The molecule has 0 heterocycles. The van der Waals surface area contributed by atoms with Crippen molar-refractivity contribution in [3.63, 3.8) is 0 Å². The summed E-state index contributed by atoms with van der Waals surface area (Å²) in [5.41, 5.74) is 2.01. The van der Waals surface area contributed by atoms with Crippen molar-refractivity contribution in [3.05, 3.63) is 32.8 Å². The maximum Gasteiger partial charge on any atom is 0.295 e. The maximum absolute atomic E-state index is 12.1. The van der Waals surface area contributed by atoms with Crippen LogP contribution in [0.25, 0.3) is 0 Å². The number of nitro groups is 1. The molecule has 0 aliphatic heterocycles. The van der Waals surface area contributed by atoms with Crippen molar-refractivity contribution in [1.82, 2.24) is 5.32 Å². The first kappa shape index (κ1) is 15.5. The summed E-state index contributed by atoms with van der Waals surface area (Å²) in [5.74, 6) is 5.37. The van der Waals surface area contributed by atoms with Gasteiger partial charge in [0.15, 0.2) is 0 Å². The third kappa shape index (κ3) is 3.43. The first-order chi connectivity index (χ1) is 9.97. The molecular weight excluding hydrogens is 296 g/mol. The molecule has 8 heteroatoms. The van der Waals surface area contributed by atoms with E-state index >= 15 is 0 Å². The number of carbonyl (C=O) groups is 1. The molecule has 4 N–H and O–H groups in total. The Morgan fingerprint density at radius 1 is 1.57 bits per heavy atom. The number of hydrogen-bond acceptors (Lipinski definition) is 5. The minimum absolute atomic E-state index is 0.00602. The van der Waals surface area contributed by atoms with Gasteiger partial charge in [0.1, 0.15) is 5.69 Å². The molecule has 7 nitrogen and oxygen atoms in total. The number of nitrogen functional groups attached to an aromatic ring is 1. The van der Waals surface area contributed by atoms with Crippen LogP contribution in [0.4, 0.5) is 11.4 Å². The van der Waals surface area contributed by atoms with Crippen molar-refractivity contribution in [2.45, 2.75) is 32.2 Å². The second-order valence-corrected chi connectivity index (χ2v) is 5.53. The molecule has 1 amide bonds. The van der Waals surface area contributed by atoms with Crippen LogP contribution in [-0.2, 0) is 0 Å². The summed E-state index contributed by atoms with van der Waals surface area (Å²) in [4.78, 5) is 22.5. The highest BCUT2D eigenvalue weighted by atomic mass is 35.5. The fourth-order valence-electron chi connectivity index (χ4n) is 2.38. The summed E-state index contributed by atoms with van der Waals surface area (Å²) in [5, 5.41) is 13.9. The zero-order valence-corrected chi connectivity index (χ0v) is 12.3. The molecule has 0 bridgehead atoms. The number of halogens is 1. The van der Waals surface area contributed by atoms with Crippen LogP contribution in [-0.4, -0.2) is 16.9 Å². The molecule has 0 spiro atoms. The third-order valence-corrected chi connectivity index (χ3v) is 3.87. The van der Waals surface area contributed by atoms with Crippen molar-refractivity contribution in [2.24, 2.45) is 11.8 Å². The number of anilines is 1. The van der Waals surface area contributed by atoms with Gasteiger partial charge in [0.25, 0.3) is 11.6 Å². The van der Waals surface area contributed by atoms with Gasteiger partial charge in [-0.15, -0.1) is 0 Å². The molecule has 1 aromatic carbocycles. The van der Waals surface area contributed by atoms with Gasteiger partial charge in [-0.3, -0.25) is 20.8 Å². The fourth-order valence-corrected chi connectivity index (χ4v) is 2.64. The van der Waals surface area contributed by atoms with E-state index in [0.717, 1.165) is 19.3 Å².